The van der Waals surface area contributed by atoms with E-state index in [1.165, 1.54) is 5.56 Å². The lowest BCUT2D eigenvalue weighted by atomic mass is 9.86. The van der Waals surface area contributed by atoms with Gasteiger partial charge in [-0.1, -0.05) is 26.8 Å². The van der Waals surface area contributed by atoms with Crippen molar-refractivity contribution in [2.45, 2.75) is 26.2 Å². The second-order valence-corrected chi connectivity index (χ2v) is 4.99. The van der Waals surface area contributed by atoms with E-state index in [0.29, 0.717) is 0 Å². The Morgan fingerprint density at radius 1 is 1.27 bits per heavy atom. The summed E-state index contributed by atoms with van der Waals surface area (Å²) in [5.74, 6) is 0.733. The number of aromatic nitrogens is 2. The summed E-state index contributed by atoms with van der Waals surface area (Å²) >= 11 is 0. The van der Waals surface area contributed by atoms with Gasteiger partial charge < -0.3 is 5.73 Å². The van der Waals surface area contributed by atoms with E-state index >= 15 is 0 Å². The highest BCUT2D eigenvalue weighted by Crippen LogP contribution is 2.28. The lowest BCUT2D eigenvalue weighted by Gasteiger charge is -2.18. The van der Waals surface area contributed by atoms with Gasteiger partial charge >= 0.3 is 0 Å². The van der Waals surface area contributed by atoms with Crippen molar-refractivity contribution >= 4 is 16.7 Å². The fourth-order valence-corrected chi connectivity index (χ4v) is 1.68. The Labute approximate surface area is 89.9 Å². The Kier molecular flexibility index (Phi) is 2.00. The molecule has 0 saturated heterocycles. The number of nitrogens with zero attached hydrogens (tertiary/aromatic N) is 2. The molecule has 2 aromatic rings. The third-order valence-electron chi connectivity index (χ3n) is 2.74. The van der Waals surface area contributed by atoms with Crippen molar-refractivity contribution in [1.82, 2.24) is 9.78 Å². The van der Waals surface area contributed by atoms with Crippen molar-refractivity contribution in [1.29, 1.82) is 0 Å². The van der Waals surface area contributed by atoms with E-state index in [1.807, 2.05) is 13.1 Å². The molecule has 15 heavy (non-hydrogen) atoms. The SMILES string of the molecule is Cn1nc2ccc(C(C)(C)C)cc2c1N. The summed E-state index contributed by atoms with van der Waals surface area (Å²) in [6.07, 6.45) is 0. The van der Waals surface area contributed by atoms with Crippen LogP contribution < -0.4 is 5.73 Å². The van der Waals surface area contributed by atoms with Crippen LogP contribution in [-0.4, -0.2) is 9.78 Å². The third kappa shape index (κ3) is 1.58. The highest BCUT2D eigenvalue weighted by Gasteiger charge is 2.15. The van der Waals surface area contributed by atoms with Gasteiger partial charge in [0.2, 0.25) is 0 Å². The number of nitrogen functional groups attached to an aromatic ring is 1. The van der Waals surface area contributed by atoms with Gasteiger partial charge in [-0.05, 0) is 23.1 Å². The maximum absolute atomic E-state index is 5.95. The molecule has 0 bridgehead atoms. The predicted octanol–water partition coefficient (Wildman–Crippen LogP) is 2.45. The first-order chi connectivity index (χ1) is 6.89. The highest BCUT2D eigenvalue weighted by molar-refractivity contribution is 5.89. The average Bonchev–Trinajstić information content (AvgIpc) is 2.41. The van der Waals surface area contributed by atoms with Crippen molar-refractivity contribution in [3.05, 3.63) is 23.8 Å². The minimum absolute atomic E-state index is 0.149. The van der Waals surface area contributed by atoms with Crippen LogP contribution in [0.1, 0.15) is 26.3 Å². The lowest BCUT2D eigenvalue weighted by molar-refractivity contribution is 0.591. The maximum Gasteiger partial charge on any atom is 0.129 e. The fourth-order valence-electron chi connectivity index (χ4n) is 1.68. The van der Waals surface area contributed by atoms with E-state index in [2.05, 4.69) is 38.0 Å². The zero-order valence-electron chi connectivity index (χ0n) is 9.70. The lowest BCUT2D eigenvalue weighted by Crippen LogP contribution is -2.10. The number of aryl methyl sites for hydroxylation is 1. The van der Waals surface area contributed by atoms with Gasteiger partial charge in [0.1, 0.15) is 5.82 Å². The quantitative estimate of drug-likeness (QED) is 0.714. The van der Waals surface area contributed by atoms with Crippen molar-refractivity contribution < 1.29 is 0 Å². The Bertz CT molecular complexity index is 503. The molecule has 3 heteroatoms. The normalized spacial score (nSPS) is 12.3. The minimum atomic E-state index is 0.149. The molecule has 0 aliphatic heterocycles. The van der Waals surface area contributed by atoms with Crippen LogP contribution in [-0.2, 0) is 12.5 Å². The van der Waals surface area contributed by atoms with Gasteiger partial charge in [-0.25, -0.2) is 0 Å². The van der Waals surface area contributed by atoms with Crippen molar-refractivity contribution in [2.75, 3.05) is 5.73 Å². The monoisotopic (exact) mass is 203 g/mol. The molecule has 0 unspecified atom stereocenters. The number of anilines is 1. The molecule has 1 aromatic heterocycles. The Hall–Kier alpha value is -1.51. The number of benzene rings is 1. The van der Waals surface area contributed by atoms with E-state index in [4.69, 9.17) is 5.73 Å². The summed E-state index contributed by atoms with van der Waals surface area (Å²) in [4.78, 5) is 0. The number of hydrogen-bond donors (Lipinski definition) is 1. The molecule has 0 spiro atoms. The summed E-state index contributed by atoms with van der Waals surface area (Å²) in [5, 5.41) is 5.37. The van der Waals surface area contributed by atoms with Crippen molar-refractivity contribution in [3.8, 4) is 0 Å². The van der Waals surface area contributed by atoms with Crippen LogP contribution in [0.4, 0.5) is 5.82 Å². The Morgan fingerprint density at radius 3 is 2.53 bits per heavy atom. The molecule has 2 N–H and O–H groups in total. The first kappa shape index (κ1) is 10.0. The average molecular weight is 203 g/mol. The molecule has 0 saturated carbocycles. The van der Waals surface area contributed by atoms with Gasteiger partial charge in [0, 0.05) is 12.4 Å². The molecule has 2 rings (SSSR count). The standard InChI is InChI=1S/C12H17N3/c1-12(2,3)8-5-6-10-9(7-8)11(13)15(4)14-10/h5-7H,13H2,1-4H3. The van der Waals surface area contributed by atoms with Gasteiger partial charge in [0.05, 0.1) is 5.52 Å². The Balaban J connectivity index is 2.70. The van der Waals surface area contributed by atoms with Crippen LogP contribution >= 0.6 is 0 Å². The second kappa shape index (κ2) is 2.99. The molecule has 0 aliphatic rings. The predicted molar refractivity (Wildman–Crippen MR) is 63.8 cm³/mol. The first-order valence-corrected chi connectivity index (χ1v) is 5.12. The van der Waals surface area contributed by atoms with E-state index in [0.717, 1.165) is 16.7 Å². The molecule has 0 fully saturated rings. The largest absolute Gasteiger partial charge is 0.383 e. The van der Waals surface area contributed by atoms with Gasteiger partial charge in [-0.3, -0.25) is 4.68 Å². The third-order valence-corrected chi connectivity index (χ3v) is 2.74. The van der Waals surface area contributed by atoms with Crippen LogP contribution in [0.25, 0.3) is 10.9 Å². The van der Waals surface area contributed by atoms with Gasteiger partial charge in [0.25, 0.3) is 0 Å². The van der Waals surface area contributed by atoms with E-state index < -0.39 is 0 Å². The molecule has 1 heterocycles. The summed E-state index contributed by atoms with van der Waals surface area (Å²) < 4.78 is 1.72. The summed E-state index contributed by atoms with van der Waals surface area (Å²) in [5.41, 5.74) is 8.35. The summed E-state index contributed by atoms with van der Waals surface area (Å²) in [6, 6.07) is 6.29. The fraction of sp³-hybridized carbons (Fsp3) is 0.417. The summed E-state index contributed by atoms with van der Waals surface area (Å²) in [6.45, 7) is 6.59. The number of hydrogen-bond acceptors (Lipinski definition) is 2. The van der Waals surface area contributed by atoms with Crippen molar-refractivity contribution in [2.24, 2.45) is 7.05 Å². The topological polar surface area (TPSA) is 43.8 Å². The first-order valence-electron chi connectivity index (χ1n) is 5.12. The van der Waals surface area contributed by atoms with Crippen LogP contribution in [0.15, 0.2) is 18.2 Å². The molecule has 0 radical (unpaired) electrons. The molecular weight excluding hydrogens is 186 g/mol. The van der Waals surface area contributed by atoms with Crippen LogP contribution in [0, 0.1) is 0 Å². The number of rotatable bonds is 0. The zero-order chi connectivity index (χ0) is 11.2. The smallest absolute Gasteiger partial charge is 0.129 e. The van der Waals surface area contributed by atoms with Crippen LogP contribution in [0.3, 0.4) is 0 Å². The summed E-state index contributed by atoms with van der Waals surface area (Å²) in [7, 11) is 1.87. The van der Waals surface area contributed by atoms with E-state index in [-0.39, 0.29) is 5.41 Å². The highest BCUT2D eigenvalue weighted by atomic mass is 15.3. The van der Waals surface area contributed by atoms with Gasteiger partial charge in [-0.2, -0.15) is 5.10 Å². The molecule has 3 nitrogen and oxygen atoms in total. The molecule has 1 aromatic carbocycles. The minimum Gasteiger partial charge on any atom is -0.383 e. The van der Waals surface area contributed by atoms with Gasteiger partial charge in [-0.15, -0.1) is 0 Å². The van der Waals surface area contributed by atoms with Crippen molar-refractivity contribution in [3.63, 3.8) is 0 Å². The molecule has 0 amide bonds. The maximum atomic E-state index is 5.95. The molecule has 80 valence electrons. The zero-order valence-corrected chi connectivity index (χ0v) is 9.70. The Morgan fingerprint density at radius 2 is 1.93 bits per heavy atom. The van der Waals surface area contributed by atoms with Crippen LogP contribution in [0.2, 0.25) is 0 Å². The van der Waals surface area contributed by atoms with E-state index in [9.17, 15) is 0 Å². The number of nitrogens with two attached hydrogens (primary N) is 1. The number of fused-ring (bicyclic) bond motifs is 1. The molecule has 0 atom stereocenters. The molecular formula is C12H17N3. The molecule has 0 aliphatic carbocycles. The van der Waals surface area contributed by atoms with E-state index in [1.54, 1.807) is 4.68 Å². The van der Waals surface area contributed by atoms with Crippen LogP contribution in [0.5, 0.6) is 0 Å². The second-order valence-electron chi connectivity index (χ2n) is 4.99. The van der Waals surface area contributed by atoms with Gasteiger partial charge in [0.15, 0.2) is 0 Å².